The van der Waals surface area contributed by atoms with Crippen molar-refractivity contribution in [3.63, 3.8) is 0 Å². The zero-order valence-corrected chi connectivity index (χ0v) is 12.2. The molecule has 3 nitrogen and oxygen atoms in total. The Labute approximate surface area is 116 Å². The second-order valence-corrected chi connectivity index (χ2v) is 5.33. The number of hydrogen-bond acceptors (Lipinski definition) is 3. The zero-order chi connectivity index (χ0) is 13.7. The van der Waals surface area contributed by atoms with Crippen LogP contribution >= 0.6 is 0 Å². The molecule has 0 spiro atoms. The molecule has 106 valence electrons. The van der Waals surface area contributed by atoms with Gasteiger partial charge in [-0.25, -0.2) is 0 Å². The molecule has 1 aromatic rings. The number of benzene rings is 1. The summed E-state index contributed by atoms with van der Waals surface area (Å²) in [5, 5.41) is 3.71. The van der Waals surface area contributed by atoms with E-state index < -0.39 is 0 Å². The van der Waals surface area contributed by atoms with Gasteiger partial charge in [0.15, 0.2) is 0 Å². The van der Waals surface area contributed by atoms with E-state index in [4.69, 9.17) is 9.47 Å². The van der Waals surface area contributed by atoms with Crippen LogP contribution in [0.1, 0.15) is 44.2 Å². The van der Waals surface area contributed by atoms with Gasteiger partial charge >= 0.3 is 0 Å². The van der Waals surface area contributed by atoms with E-state index in [-0.39, 0.29) is 0 Å². The number of nitrogens with one attached hydrogen (secondary N) is 1. The Morgan fingerprint density at radius 3 is 2.74 bits per heavy atom. The molecule has 3 heteroatoms. The molecule has 1 aromatic carbocycles. The van der Waals surface area contributed by atoms with Crippen molar-refractivity contribution in [2.75, 3.05) is 14.2 Å². The van der Waals surface area contributed by atoms with E-state index in [2.05, 4.69) is 24.4 Å². The molecule has 1 fully saturated rings. The summed E-state index contributed by atoms with van der Waals surface area (Å²) in [4.78, 5) is 0. The van der Waals surface area contributed by atoms with Crippen LogP contribution in [0.25, 0.3) is 0 Å². The summed E-state index contributed by atoms with van der Waals surface area (Å²) >= 11 is 0. The van der Waals surface area contributed by atoms with Gasteiger partial charge in [0.2, 0.25) is 0 Å². The van der Waals surface area contributed by atoms with Crippen LogP contribution in [-0.4, -0.2) is 26.4 Å². The number of rotatable bonds is 5. The summed E-state index contributed by atoms with van der Waals surface area (Å²) in [7, 11) is 3.53. The van der Waals surface area contributed by atoms with Crippen LogP contribution in [0.4, 0.5) is 0 Å². The van der Waals surface area contributed by atoms with Crippen LogP contribution in [-0.2, 0) is 4.74 Å². The molecule has 1 aliphatic carbocycles. The summed E-state index contributed by atoms with van der Waals surface area (Å²) in [5.41, 5.74) is 1.26. The quantitative estimate of drug-likeness (QED) is 0.884. The molecule has 0 amide bonds. The summed E-state index contributed by atoms with van der Waals surface area (Å²) in [6, 6.07) is 9.04. The number of methoxy groups -OCH3 is 2. The van der Waals surface area contributed by atoms with E-state index in [0.717, 1.165) is 5.75 Å². The Kier molecular flexibility index (Phi) is 5.23. The van der Waals surface area contributed by atoms with Gasteiger partial charge in [0.1, 0.15) is 5.75 Å². The van der Waals surface area contributed by atoms with Crippen molar-refractivity contribution in [3.8, 4) is 5.75 Å². The fourth-order valence-electron chi connectivity index (χ4n) is 2.90. The Hall–Kier alpha value is -1.06. The molecule has 0 aliphatic heterocycles. The largest absolute Gasteiger partial charge is 0.497 e. The highest BCUT2D eigenvalue weighted by atomic mass is 16.5. The van der Waals surface area contributed by atoms with E-state index in [1.54, 1.807) is 7.11 Å². The first-order valence-electron chi connectivity index (χ1n) is 7.17. The fraction of sp³-hybridized carbons (Fsp3) is 0.625. The lowest BCUT2D eigenvalue weighted by atomic mass is 9.91. The molecule has 1 N–H and O–H groups in total. The maximum absolute atomic E-state index is 5.60. The van der Waals surface area contributed by atoms with E-state index in [0.29, 0.717) is 18.2 Å². The van der Waals surface area contributed by atoms with Gasteiger partial charge in [-0.2, -0.15) is 0 Å². The lowest BCUT2D eigenvalue weighted by Gasteiger charge is -2.33. The molecule has 0 aromatic heterocycles. The SMILES string of the molecule is COc1cccc([C@H](C)NC2CCCCC2OC)c1. The van der Waals surface area contributed by atoms with Gasteiger partial charge < -0.3 is 14.8 Å². The molecular weight excluding hydrogens is 238 g/mol. The third kappa shape index (κ3) is 3.71. The van der Waals surface area contributed by atoms with Crippen molar-refractivity contribution >= 4 is 0 Å². The van der Waals surface area contributed by atoms with Gasteiger partial charge in [-0.15, -0.1) is 0 Å². The van der Waals surface area contributed by atoms with Crippen LogP contribution in [0, 0.1) is 0 Å². The minimum Gasteiger partial charge on any atom is -0.497 e. The van der Waals surface area contributed by atoms with Crippen LogP contribution in [0.15, 0.2) is 24.3 Å². The standard InChI is InChI=1S/C16H25NO2/c1-12(13-7-6-8-14(11-13)18-2)17-15-9-4-5-10-16(15)19-3/h6-8,11-12,15-17H,4-5,9-10H2,1-3H3/t12-,15?,16?/m0/s1. The predicted molar refractivity (Wildman–Crippen MR) is 77.6 cm³/mol. The molecule has 1 saturated carbocycles. The summed E-state index contributed by atoms with van der Waals surface area (Å²) in [6.07, 6.45) is 5.29. The van der Waals surface area contributed by atoms with Crippen molar-refractivity contribution in [2.45, 2.75) is 50.8 Å². The van der Waals surface area contributed by atoms with Crippen LogP contribution in [0.2, 0.25) is 0 Å². The van der Waals surface area contributed by atoms with E-state index in [1.165, 1.54) is 31.2 Å². The first-order valence-corrected chi connectivity index (χ1v) is 7.17. The lowest BCUT2D eigenvalue weighted by molar-refractivity contribution is 0.0384. The third-order valence-electron chi connectivity index (χ3n) is 4.06. The van der Waals surface area contributed by atoms with E-state index in [1.807, 2.05) is 19.2 Å². The van der Waals surface area contributed by atoms with E-state index >= 15 is 0 Å². The summed E-state index contributed by atoms with van der Waals surface area (Å²) in [5.74, 6) is 0.915. The predicted octanol–water partition coefficient (Wildman–Crippen LogP) is 3.30. The van der Waals surface area contributed by atoms with Crippen LogP contribution in [0.3, 0.4) is 0 Å². The second-order valence-electron chi connectivity index (χ2n) is 5.33. The van der Waals surface area contributed by atoms with Gasteiger partial charge in [0.25, 0.3) is 0 Å². The van der Waals surface area contributed by atoms with Gasteiger partial charge in [-0.05, 0) is 37.5 Å². The number of ether oxygens (including phenoxy) is 2. The van der Waals surface area contributed by atoms with Crippen molar-refractivity contribution < 1.29 is 9.47 Å². The molecule has 19 heavy (non-hydrogen) atoms. The summed E-state index contributed by atoms with van der Waals surface area (Å²) < 4.78 is 10.9. The Balaban J connectivity index is 2.00. The molecule has 0 saturated heterocycles. The maximum atomic E-state index is 5.60. The normalized spacial score (nSPS) is 25.0. The molecule has 0 bridgehead atoms. The van der Waals surface area contributed by atoms with E-state index in [9.17, 15) is 0 Å². The first-order chi connectivity index (χ1) is 9.24. The minimum absolute atomic E-state index is 0.316. The topological polar surface area (TPSA) is 30.5 Å². The molecular formula is C16H25NO2. The summed E-state index contributed by atoms with van der Waals surface area (Å²) in [6.45, 7) is 2.20. The Bertz CT molecular complexity index is 394. The van der Waals surface area contributed by atoms with Crippen molar-refractivity contribution in [1.82, 2.24) is 5.32 Å². The Morgan fingerprint density at radius 1 is 1.21 bits per heavy atom. The first kappa shape index (κ1) is 14.4. The van der Waals surface area contributed by atoms with Crippen molar-refractivity contribution in [3.05, 3.63) is 29.8 Å². The maximum Gasteiger partial charge on any atom is 0.119 e. The lowest BCUT2D eigenvalue weighted by Crippen LogP contribution is -2.44. The van der Waals surface area contributed by atoms with Crippen LogP contribution in [0.5, 0.6) is 5.75 Å². The Morgan fingerprint density at radius 2 is 2.00 bits per heavy atom. The highest BCUT2D eigenvalue weighted by Gasteiger charge is 2.26. The van der Waals surface area contributed by atoms with Gasteiger partial charge in [-0.3, -0.25) is 0 Å². The zero-order valence-electron chi connectivity index (χ0n) is 12.2. The molecule has 0 heterocycles. The van der Waals surface area contributed by atoms with Gasteiger partial charge in [-0.1, -0.05) is 25.0 Å². The minimum atomic E-state index is 0.316. The average Bonchev–Trinajstić information content (AvgIpc) is 2.47. The molecule has 2 unspecified atom stereocenters. The molecule has 2 rings (SSSR count). The second kappa shape index (κ2) is 6.92. The third-order valence-corrected chi connectivity index (χ3v) is 4.06. The average molecular weight is 263 g/mol. The highest BCUT2D eigenvalue weighted by Crippen LogP contribution is 2.25. The monoisotopic (exact) mass is 263 g/mol. The number of hydrogen-bond donors (Lipinski definition) is 1. The van der Waals surface area contributed by atoms with Gasteiger partial charge in [0.05, 0.1) is 13.2 Å². The molecule has 3 atom stereocenters. The molecule has 0 radical (unpaired) electrons. The molecule has 1 aliphatic rings. The van der Waals surface area contributed by atoms with Crippen molar-refractivity contribution in [2.24, 2.45) is 0 Å². The van der Waals surface area contributed by atoms with Crippen LogP contribution < -0.4 is 10.1 Å². The van der Waals surface area contributed by atoms with Crippen molar-refractivity contribution in [1.29, 1.82) is 0 Å². The van der Waals surface area contributed by atoms with Gasteiger partial charge in [0, 0.05) is 19.2 Å². The highest BCUT2D eigenvalue weighted by molar-refractivity contribution is 5.30. The smallest absolute Gasteiger partial charge is 0.119 e. The fourth-order valence-corrected chi connectivity index (χ4v) is 2.90.